The third-order valence-electron chi connectivity index (χ3n) is 2.97. The van der Waals surface area contributed by atoms with Gasteiger partial charge < -0.3 is 0 Å². The molecular formula is C11H18N2O2S2. The van der Waals surface area contributed by atoms with Crippen LogP contribution in [-0.2, 0) is 16.4 Å². The summed E-state index contributed by atoms with van der Waals surface area (Å²) in [6.45, 7) is 3.65. The summed E-state index contributed by atoms with van der Waals surface area (Å²) in [5.74, 6) is 1.02. The topological polar surface area (TPSA) is 50.3 Å². The normalized spacial score (nSPS) is 23.4. The lowest BCUT2D eigenvalue weighted by Gasteiger charge is -2.18. The molecule has 0 aliphatic carbocycles. The van der Waals surface area contributed by atoms with Crippen LogP contribution in [0.15, 0.2) is 5.38 Å². The largest absolute Gasteiger partial charge is 0.299 e. The predicted octanol–water partition coefficient (Wildman–Crippen LogP) is 1.32. The van der Waals surface area contributed by atoms with Crippen molar-refractivity contribution in [2.75, 3.05) is 25.1 Å². The first-order chi connectivity index (χ1) is 7.94. The van der Waals surface area contributed by atoms with Gasteiger partial charge in [0.15, 0.2) is 9.84 Å². The quantitative estimate of drug-likeness (QED) is 0.831. The third kappa shape index (κ3) is 3.76. The zero-order chi connectivity index (χ0) is 12.5. The van der Waals surface area contributed by atoms with Gasteiger partial charge in [-0.3, -0.25) is 4.90 Å². The molecule has 0 saturated carbocycles. The van der Waals surface area contributed by atoms with Gasteiger partial charge in [-0.2, -0.15) is 0 Å². The summed E-state index contributed by atoms with van der Waals surface area (Å²) < 4.78 is 22.7. The van der Waals surface area contributed by atoms with E-state index < -0.39 is 9.84 Å². The van der Waals surface area contributed by atoms with Crippen LogP contribution in [0.1, 0.15) is 17.1 Å². The van der Waals surface area contributed by atoms with Crippen LogP contribution in [0.4, 0.5) is 0 Å². The predicted molar refractivity (Wildman–Crippen MR) is 69.9 cm³/mol. The van der Waals surface area contributed by atoms with Crippen molar-refractivity contribution in [1.82, 2.24) is 9.88 Å². The Balaban J connectivity index is 1.84. The molecule has 1 saturated heterocycles. The van der Waals surface area contributed by atoms with E-state index in [0.29, 0.717) is 17.4 Å². The number of hydrogen-bond donors (Lipinski definition) is 0. The van der Waals surface area contributed by atoms with Crippen LogP contribution >= 0.6 is 11.3 Å². The minimum absolute atomic E-state index is 0.297. The van der Waals surface area contributed by atoms with Crippen molar-refractivity contribution < 1.29 is 8.42 Å². The molecule has 1 unspecified atom stereocenters. The number of rotatable bonds is 4. The van der Waals surface area contributed by atoms with E-state index in [1.165, 1.54) is 0 Å². The molecule has 0 bridgehead atoms. The zero-order valence-electron chi connectivity index (χ0n) is 10.2. The first-order valence-corrected chi connectivity index (χ1v) is 8.45. The van der Waals surface area contributed by atoms with E-state index in [9.17, 15) is 8.42 Å². The molecule has 6 heteroatoms. The number of aryl methyl sites for hydroxylation is 1. The molecule has 0 N–H and O–H groups in total. The number of nitrogens with zero attached hydrogens (tertiary/aromatic N) is 2. The first kappa shape index (κ1) is 13.0. The van der Waals surface area contributed by atoms with Crippen molar-refractivity contribution >= 4 is 21.2 Å². The smallest absolute Gasteiger partial charge is 0.150 e. The van der Waals surface area contributed by atoms with E-state index in [2.05, 4.69) is 9.88 Å². The fourth-order valence-electron chi connectivity index (χ4n) is 2.23. The molecule has 0 amide bonds. The third-order valence-corrected chi connectivity index (χ3v) is 5.76. The summed E-state index contributed by atoms with van der Waals surface area (Å²) in [6, 6.07) is 0. The average molecular weight is 274 g/mol. The van der Waals surface area contributed by atoms with Gasteiger partial charge in [-0.25, -0.2) is 13.4 Å². The van der Waals surface area contributed by atoms with Crippen LogP contribution in [-0.4, -0.2) is 43.4 Å². The lowest BCUT2D eigenvalue weighted by molar-refractivity contribution is 0.281. The van der Waals surface area contributed by atoms with Crippen molar-refractivity contribution in [1.29, 1.82) is 0 Å². The summed E-state index contributed by atoms with van der Waals surface area (Å²) in [5.41, 5.74) is 1.06. The van der Waals surface area contributed by atoms with E-state index in [0.717, 1.165) is 30.2 Å². The molecule has 1 aromatic rings. The van der Waals surface area contributed by atoms with Crippen molar-refractivity contribution in [2.45, 2.75) is 19.9 Å². The van der Waals surface area contributed by atoms with Crippen molar-refractivity contribution in [3.05, 3.63) is 16.1 Å². The molecule has 1 fully saturated rings. The summed E-state index contributed by atoms with van der Waals surface area (Å²) in [4.78, 5) is 6.58. The second kappa shape index (κ2) is 5.04. The molecule has 4 nitrogen and oxygen atoms in total. The van der Waals surface area contributed by atoms with E-state index >= 15 is 0 Å². The highest BCUT2D eigenvalue weighted by molar-refractivity contribution is 7.91. The minimum Gasteiger partial charge on any atom is -0.299 e. The molecule has 0 spiro atoms. The Morgan fingerprint density at radius 3 is 2.88 bits per heavy atom. The van der Waals surface area contributed by atoms with Gasteiger partial charge in [0.25, 0.3) is 0 Å². The van der Waals surface area contributed by atoms with Crippen molar-refractivity contribution in [3.63, 3.8) is 0 Å². The Bertz CT molecular complexity index is 481. The van der Waals surface area contributed by atoms with Crippen LogP contribution in [0.2, 0.25) is 0 Å². The van der Waals surface area contributed by atoms with Crippen LogP contribution in [0.5, 0.6) is 0 Å². The van der Waals surface area contributed by atoms with Crippen molar-refractivity contribution in [2.24, 2.45) is 5.92 Å². The fourth-order valence-corrected chi connectivity index (χ4v) is 4.93. The molecule has 2 rings (SSSR count). The monoisotopic (exact) mass is 274 g/mol. The summed E-state index contributed by atoms with van der Waals surface area (Å²) in [5, 5.41) is 3.15. The SMILES string of the molecule is Cc1csc(CN(C)CC2CCS(=O)(=O)C2)n1. The fraction of sp³-hybridized carbons (Fsp3) is 0.727. The summed E-state index contributed by atoms with van der Waals surface area (Å²) in [7, 11) is -0.720. The van der Waals surface area contributed by atoms with Gasteiger partial charge in [0.05, 0.1) is 18.1 Å². The number of sulfone groups is 1. The zero-order valence-corrected chi connectivity index (χ0v) is 11.9. The number of hydrogen-bond acceptors (Lipinski definition) is 5. The van der Waals surface area contributed by atoms with Gasteiger partial charge in [0.2, 0.25) is 0 Å². The Kier molecular flexibility index (Phi) is 3.85. The molecule has 1 aromatic heterocycles. The summed E-state index contributed by atoms with van der Waals surface area (Å²) in [6.07, 6.45) is 0.809. The Labute approximate surface area is 107 Å². The molecule has 96 valence electrons. The molecular weight excluding hydrogens is 256 g/mol. The summed E-state index contributed by atoms with van der Waals surface area (Å²) >= 11 is 1.66. The number of thiazole rings is 1. The Hall–Kier alpha value is -0.460. The molecule has 1 aliphatic rings. The maximum absolute atomic E-state index is 11.4. The van der Waals surface area contributed by atoms with Crippen molar-refractivity contribution in [3.8, 4) is 0 Å². The maximum atomic E-state index is 11.4. The molecule has 17 heavy (non-hydrogen) atoms. The lowest BCUT2D eigenvalue weighted by atomic mass is 10.1. The van der Waals surface area contributed by atoms with Crippen LogP contribution in [0.25, 0.3) is 0 Å². The van der Waals surface area contributed by atoms with Gasteiger partial charge in [0, 0.05) is 17.6 Å². The first-order valence-electron chi connectivity index (χ1n) is 5.74. The van der Waals surface area contributed by atoms with Gasteiger partial charge in [0.1, 0.15) is 5.01 Å². The molecule has 0 aromatic carbocycles. The standard InChI is InChI=1S/C11H18N2O2S2/c1-9-7-16-11(12-9)6-13(2)5-10-3-4-17(14,15)8-10/h7,10H,3-6,8H2,1-2H3. The Morgan fingerprint density at radius 2 is 2.35 bits per heavy atom. The second-order valence-electron chi connectivity index (χ2n) is 4.85. The highest BCUT2D eigenvalue weighted by atomic mass is 32.2. The minimum atomic E-state index is -2.75. The van der Waals surface area contributed by atoms with E-state index in [1.807, 2.05) is 19.4 Å². The highest BCUT2D eigenvalue weighted by Gasteiger charge is 2.28. The average Bonchev–Trinajstić information content (AvgIpc) is 2.73. The van der Waals surface area contributed by atoms with Crippen LogP contribution in [0, 0.1) is 12.8 Å². The molecule has 1 aliphatic heterocycles. The van der Waals surface area contributed by atoms with Gasteiger partial charge in [-0.1, -0.05) is 0 Å². The second-order valence-corrected chi connectivity index (χ2v) is 8.02. The highest BCUT2D eigenvalue weighted by Crippen LogP contribution is 2.20. The molecule has 0 radical (unpaired) electrons. The van der Waals surface area contributed by atoms with E-state index in [4.69, 9.17) is 0 Å². The van der Waals surface area contributed by atoms with Crippen LogP contribution < -0.4 is 0 Å². The van der Waals surface area contributed by atoms with E-state index in [1.54, 1.807) is 11.3 Å². The molecule has 2 heterocycles. The van der Waals surface area contributed by atoms with Gasteiger partial charge in [-0.05, 0) is 26.3 Å². The molecule has 1 atom stereocenters. The lowest BCUT2D eigenvalue weighted by Crippen LogP contribution is -2.26. The van der Waals surface area contributed by atoms with Gasteiger partial charge in [-0.15, -0.1) is 11.3 Å². The Morgan fingerprint density at radius 1 is 1.59 bits per heavy atom. The number of aromatic nitrogens is 1. The van der Waals surface area contributed by atoms with Crippen LogP contribution in [0.3, 0.4) is 0 Å². The van der Waals surface area contributed by atoms with E-state index in [-0.39, 0.29) is 0 Å². The van der Waals surface area contributed by atoms with Gasteiger partial charge >= 0.3 is 0 Å². The maximum Gasteiger partial charge on any atom is 0.150 e.